The molecule has 1 aliphatic rings. The zero-order chi connectivity index (χ0) is 16.9. The predicted octanol–water partition coefficient (Wildman–Crippen LogP) is 1.50. The summed E-state index contributed by atoms with van der Waals surface area (Å²) < 4.78 is 37.5. The molecule has 1 saturated heterocycles. The first kappa shape index (κ1) is 17.5. The summed E-state index contributed by atoms with van der Waals surface area (Å²) >= 11 is 0.932. The third-order valence-electron chi connectivity index (χ3n) is 3.17. The summed E-state index contributed by atoms with van der Waals surface area (Å²) in [4.78, 5) is 18.9. The Morgan fingerprint density at radius 2 is 2.35 bits per heavy atom. The fraction of sp³-hybridized carbons (Fsp3) is 0.615. The number of nitrogens with zero attached hydrogens (tertiary/aromatic N) is 2. The minimum absolute atomic E-state index is 0.0208. The Labute approximate surface area is 135 Å². The van der Waals surface area contributed by atoms with Crippen LogP contribution in [0.3, 0.4) is 0 Å². The van der Waals surface area contributed by atoms with Crippen molar-refractivity contribution >= 4 is 23.2 Å². The van der Waals surface area contributed by atoms with Gasteiger partial charge in [0.05, 0.1) is 6.54 Å². The van der Waals surface area contributed by atoms with Crippen molar-refractivity contribution in [3.63, 3.8) is 0 Å². The number of rotatable bonds is 4. The average Bonchev–Trinajstić information content (AvgIpc) is 2.96. The van der Waals surface area contributed by atoms with Crippen LogP contribution in [0, 0.1) is 0 Å². The van der Waals surface area contributed by atoms with Gasteiger partial charge in [-0.1, -0.05) is 0 Å². The van der Waals surface area contributed by atoms with E-state index in [1.54, 1.807) is 0 Å². The molecule has 2 heterocycles. The van der Waals surface area contributed by atoms with E-state index in [2.05, 4.69) is 25.9 Å². The van der Waals surface area contributed by atoms with Gasteiger partial charge in [0.25, 0.3) is 0 Å². The molecule has 1 atom stereocenters. The van der Waals surface area contributed by atoms with Crippen molar-refractivity contribution in [3.05, 3.63) is 16.1 Å². The van der Waals surface area contributed by atoms with Gasteiger partial charge >= 0.3 is 6.18 Å². The summed E-state index contributed by atoms with van der Waals surface area (Å²) in [7, 11) is 0. The number of nitrogens with one attached hydrogen (secondary N) is 3. The largest absolute Gasteiger partial charge is 0.434 e. The highest BCUT2D eigenvalue weighted by Crippen LogP contribution is 2.30. The summed E-state index contributed by atoms with van der Waals surface area (Å²) in [5.74, 6) is 0.518. The molecule has 1 amide bonds. The standard InChI is InChI=1S/C13H18F3N5OS/c1-2-17-12(20-8-3-4-10(22)18-5-8)19-6-11-21-9(7-23-11)13(14,15)16/h7-8H,2-6H2,1H3,(H,18,22)(H2,17,19,20). The second-order valence-electron chi connectivity index (χ2n) is 5.00. The molecule has 1 aromatic rings. The van der Waals surface area contributed by atoms with E-state index >= 15 is 0 Å². The number of guanidine groups is 1. The van der Waals surface area contributed by atoms with E-state index in [0.29, 0.717) is 36.9 Å². The molecule has 0 aliphatic carbocycles. The van der Waals surface area contributed by atoms with Crippen molar-refractivity contribution in [1.29, 1.82) is 0 Å². The molecule has 128 valence electrons. The number of piperidine rings is 1. The van der Waals surface area contributed by atoms with Gasteiger partial charge < -0.3 is 16.0 Å². The number of thiazole rings is 1. The topological polar surface area (TPSA) is 78.4 Å². The number of carbonyl (C=O) groups excluding carboxylic acids is 1. The highest BCUT2D eigenvalue weighted by molar-refractivity contribution is 7.09. The van der Waals surface area contributed by atoms with Crippen LogP contribution in [0.1, 0.15) is 30.5 Å². The van der Waals surface area contributed by atoms with Crippen molar-refractivity contribution in [2.75, 3.05) is 13.1 Å². The maximum atomic E-state index is 12.5. The normalized spacial score (nSPS) is 19.4. The molecule has 0 saturated carbocycles. The van der Waals surface area contributed by atoms with Gasteiger partial charge in [0, 0.05) is 30.9 Å². The van der Waals surface area contributed by atoms with Crippen molar-refractivity contribution < 1.29 is 18.0 Å². The van der Waals surface area contributed by atoms with Crippen LogP contribution in [-0.4, -0.2) is 36.0 Å². The van der Waals surface area contributed by atoms with E-state index in [1.165, 1.54) is 0 Å². The molecule has 23 heavy (non-hydrogen) atoms. The second kappa shape index (κ2) is 7.62. The molecule has 6 nitrogen and oxygen atoms in total. The Hall–Kier alpha value is -1.84. The first-order valence-electron chi connectivity index (χ1n) is 7.21. The van der Waals surface area contributed by atoms with Crippen molar-refractivity contribution in [2.24, 2.45) is 4.99 Å². The first-order valence-corrected chi connectivity index (χ1v) is 8.09. The molecular formula is C13H18F3N5OS. The minimum Gasteiger partial charge on any atom is -0.357 e. The van der Waals surface area contributed by atoms with Crippen molar-refractivity contribution in [3.8, 4) is 0 Å². The average molecular weight is 349 g/mol. The summed E-state index contributed by atoms with van der Waals surface area (Å²) in [5, 5.41) is 10.2. The summed E-state index contributed by atoms with van der Waals surface area (Å²) in [6.07, 6.45) is -3.30. The zero-order valence-electron chi connectivity index (χ0n) is 12.5. The Bertz CT molecular complexity index is 562. The van der Waals surface area contributed by atoms with Crippen LogP contribution in [0.25, 0.3) is 0 Å². The highest BCUT2D eigenvalue weighted by atomic mass is 32.1. The Balaban J connectivity index is 1.95. The molecule has 0 bridgehead atoms. The van der Waals surface area contributed by atoms with Crippen LogP contribution >= 0.6 is 11.3 Å². The molecule has 1 unspecified atom stereocenters. The molecule has 0 aromatic carbocycles. The van der Waals surface area contributed by atoms with Crippen LogP contribution < -0.4 is 16.0 Å². The number of aliphatic imine (C=N–C) groups is 1. The summed E-state index contributed by atoms with van der Waals surface area (Å²) in [5.41, 5.74) is -0.888. The van der Waals surface area contributed by atoms with Gasteiger partial charge in [0.1, 0.15) is 5.01 Å². The third kappa shape index (κ3) is 5.38. The van der Waals surface area contributed by atoms with E-state index in [-0.39, 0.29) is 18.5 Å². The lowest BCUT2D eigenvalue weighted by Crippen LogP contribution is -2.51. The van der Waals surface area contributed by atoms with E-state index < -0.39 is 11.9 Å². The number of hydrogen-bond acceptors (Lipinski definition) is 4. The van der Waals surface area contributed by atoms with Crippen LogP contribution in [0.2, 0.25) is 0 Å². The number of hydrogen-bond donors (Lipinski definition) is 3. The number of aromatic nitrogens is 1. The van der Waals surface area contributed by atoms with Gasteiger partial charge in [0.2, 0.25) is 5.91 Å². The SMILES string of the molecule is CCNC(=NCc1nc(C(F)(F)F)cs1)NC1CCC(=O)NC1. The fourth-order valence-electron chi connectivity index (χ4n) is 2.03. The van der Waals surface area contributed by atoms with Gasteiger partial charge in [0.15, 0.2) is 11.7 Å². The number of halogens is 3. The lowest BCUT2D eigenvalue weighted by atomic mass is 10.1. The van der Waals surface area contributed by atoms with Crippen molar-refractivity contribution in [2.45, 2.75) is 38.5 Å². The quantitative estimate of drug-likeness (QED) is 0.569. The van der Waals surface area contributed by atoms with Crippen LogP contribution in [0.5, 0.6) is 0 Å². The van der Waals surface area contributed by atoms with Gasteiger partial charge in [-0.15, -0.1) is 11.3 Å². The van der Waals surface area contributed by atoms with Crippen LogP contribution in [0.15, 0.2) is 10.4 Å². The monoisotopic (exact) mass is 349 g/mol. The number of alkyl halides is 3. The molecule has 0 spiro atoms. The second-order valence-corrected chi connectivity index (χ2v) is 5.95. The summed E-state index contributed by atoms with van der Waals surface area (Å²) in [6.45, 7) is 3.08. The number of carbonyl (C=O) groups is 1. The molecule has 2 rings (SSSR count). The molecular weight excluding hydrogens is 331 g/mol. The van der Waals surface area contributed by atoms with E-state index in [1.807, 2.05) is 6.92 Å². The maximum absolute atomic E-state index is 12.5. The smallest absolute Gasteiger partial charge is 0.357 e. The molecule has 1 fully saturated rings. The Morgan fingerprint density at radius 3 is 2.91 bits per heavy atom. The minimum atomic E-state index is -4.43. The van der Waals surface area contributed by atoms with Gasteiger partial charge in [-0.3, -0.25) is 4.79 Å². The van der Waals surface area contributed by atoms with Crippen LogP contribution in [-0.2, 0) is 17.5 Å². The zero-order valence-corrected chi connectivity index (χ0v) is 13.4. The Morgan fingerprint density at radius 1 is 1.57 bits per heavy atom. The molecule has 1 aliphatic heterocycles. The van der Waals surface area contributed by atoms with Gasteiger partial charge in [-0.05, 0) is 13.3 Å². The third-order valence-corrected chi connectivity index (χ3v) is 4.00. The van der Waals surface area contributed by atoms with E-state index in [0.717, 1.165) is 16.7 Å². The predicted molar refractivity (Wildman–Crippen MR) is 81.1 cm³/mol. The highest BCUT2D eigenvalue weighted by Gasteiger charge is 2.33. The van der Waals surface area contributed by atoms with E-state index in [4.69, 9.17) is 0 Å². The Kier molecular flexibility index (Phi) is 5.80. The fourth-order valence-corrected chi connectivity index (χ4v) is 2.75. The van der Waals surface area contributed by atoms with Crippen molar-refractivity contribution in [1.82, 2.24) is 20.9 Å². The lowest BCUT2D eigenvalue weighted by Gasteiger charge is -2.25. The van der Waals surface area contributed by atoms with E-state index in [9.17, 15) is 18.0 Å². The first-order chi connectivity index (χ1) is 10.9. The molecule has 3 N–H and O–H groups in total. The van der Waals surface area contributed by atoms with Gasteiger partial charge in [-0.2, -0.15) is 13.2 Å². The summed E-state index contributed by atoms with van der Waals surface area (Å²) in [6, 6.07) is 0.0486. The molecule has 10 heteroatoms. The maximum Gasteiger partial charge on any atom is 0.434 e. The number of amides is 1. The molecule has 1 aromatic heterocycles. The van der Waals surface area contributed by atoms with Crippen LogP contribution in [0.4, 0.5) is 13.2 Å². The van der Waals surface area contributed by atoms with Gasteiger partial charge in [-0.25, -0.2) is 9.98 Å². The lowest BCUT2D eigenvalue weighted by molar-refractivity contribution is -0.140. The molecule has 0 radical (unpaired) electrons.